The van der Waals surface area contributed by atoms with Crippen LogP contribution in [-0.2, 0) is 14.3 Å². The van der Waals surface area contributed by atoms with E-state index in [0.717, 1.165) is 6.42 Å². The molecule has 2 aromatic rings. The van der Waals surface area contributed by atoms with E-state index in [4.69, 9.17) is 4.74 Å². The summed E-state index contributed by atoms with van der Waals surface area (Å²) in [5.41, 5.74) is 1.67. The highest BCUT2D eigenvalue weighted by atomic mass is 19.1. The number of likely N-dealkylation sites (tertiary alicyclic amines) is 1. The first-order valence-corrected chi connectivity index (χ1v) is 8.37. The van der Waals surface area contributed by atoms with Crippen LogP contribution >= 0.6 is 0 Å². The molecule has 1 atom stereocenters. The number of carbonyl (C=O) groups is 2. The van der Waals surface area contributed by atoms with Gasteiger partial charge in [-0.15, -0.1) is 0 Å². The van der Waals surface area contributed by atoms with E-state index in [9.17, 15) is 14.0 Å². The molecule has 1 aliphatic heterocycles. The number of pyridine rings is 1. The van der Waals surface area contributed by atoms with Crippen LogP contribution in [-0.4, -0.2) is 41.5 Å². The summed E-state index contributed by atoms with van der Waals surface area (Å²) in [4.78, 5) is 29.8. The van der Waals surface area contributed by atoms with Crippen molar-refractivity contribution in [2.75, 3.05) is 13.7 Å². The normalized spacial score (nSPS) is 16.8. The third-order valence-electron chi connectivity index (χ3n) is 4.36. The van der Waals surface area contributed by atoms with Gasteiger partial charge in [-0.1, -0.05) is 18.2 Å². The van der Waals surface area contributed by atoms with Crippen molar-refractivity contribution in [2.24, 2.45) is 0 Å². The van der Waals surface area contributed by atoms with Crippen LogP contribution in [0.3, 0.4) is 0 Å². The summed E-state index contributed by atoms with van der Waals surface area (Å²) < 4.78 is 18.5. The smallest absolute Gasteiger partial charge is 0.328 e. The first kappa shape index (κ1) is 17.8. The van der Waals surface area contributed by atoms with Gasteiger partial charge in [0.15, 0.2) is 0 Å². The van der Waals surface area contributed by atoms with Crippen molar-refractivity contribution in [3.63, 3.8) is 0 Å². The van der Waals surface area contributed by atoms with Crippen molar-refractivity contribution in [1.82, 2.24) is 9.88 Å². The van der Waals surface area contributed by atoms with Crippen molar-refractivity contribution in [3.8, 4) is 11.3 Å². The lowest BCUT2D eigenvalue weighted by atomic mass is 10.1. The molecule has 1 fully saturated rings. The molecule has 0 spiro atoms. The summed E-state index contributed by atoms with van der Waals surface area (Å²) in [7, 11) is 1.32. The first-order chi connectivity index (χ1) is 12.6. The van der Waals surface area contributed by atoms with Crippen LogP contribution in [0.25, 0.3) is 17.3 Å². The van der Waals surface area contributed by atoms with E-state index in [2.05, 4.69) is 4.98 Å². The first-order valence-electron chi connectivity index (χ1n) is 8.37. The van der Waals surface area contributed by atoms with Crippen LogP contribution in [0.1, 0.15) is 18.4 Å². The molecule has 0 radical (unpaired) electrons. The molecule has 5 nitrogen and oxygen atoms in total. The number of esters is 1. The Labute approximate surface area is 151 Å². The van der Waals surface area contributed by atoms with Gasteiger partial charge in [-0.3, -0.25) is 9.78 Å². The number of hydrogen-bond acceptors (Lipinski definition) is 4. The molecular formula is C20H19FN2O3. The zero-order valence-electron chi connectivity index (χ0n) is 14.4. The van der Waals surface area contributed by atoms with Gasteiger partial charge in [-0.2, -0.15) is 0 Å². The van der Waals surface area contributed by atoms with Gasteiger partial charge in [0.25, 0.3) is 0 Å². The Morgan fingerprint density at radius 3 is 2.77 bits per heavy atom. The Hall–Kier alpha value is -3.02. The standard InChI is InChI=1S/C20H19FN2O3/c1-26-20(25)18-7-4-12-23(18)19(24)11-9-14-8-10-17(22-13-14)15-5-2-3-6-16(15)21/h2-3,5-6,8-11,13,18H,4,7,12H2,1H3. The van der Waals surface area contributed by atoms with Crippen LogP contribution in [0.15, 0.2) is 48.7 Å². The van der Waals surface area contributed by atoms with Gasteiger partial charge in [0, 0.05) is 24.4 Å². The summed E-state index contributed by atoms with van der Waals surface area (Å²) in [5, 5.41) is 0. The van der Waals surface area contributed by atoms with Gasteiger partial charge in [-0.05, 0) is 42.7 Å². The lowest BCUT2D eigenvalue weighted by molar-refractivity contribution is -0.149. The van der Waals surface area contributed by atoms with Crippen LogP contribution in [0.4, 0.5) is 4.39 Å². The zero-order chi connectivity index (χ0) is 18.5. The molecule has 1 saturated heterocycles. The highest BCUT2D eigenvalue weighted by Gasteiger charge is 2.33. The topological polar surface area (TPSA) is 59.5 Å². The Morgan fingerprint density at radius 1 is 1.27 bits per heavy atom. The van der Waals surface area contributed by atoms with Crippen molar-refractivity contribution < 1.29 is 18.7 Å². The lowest BCUT2D eigenvalue weighted by Gasteiger charge is -2.20. The Kier molecular flexibility index (Phi) is 5.41. The van der Waals surface area contributed by atoms with E-state index in [1.165, 1.54) is 24.2 Å². The third-order valence-corrected chi connectivity index (χ3v) is 4.36. The van der Waals surface area contributed by atoms with Gasteiger partial charge in [0.05, 0.1) is 12.8 Å². The Bertz CT molecular complexity index is 833. The van der Waals surface area contributed by atoms with Gasteiger partial charge in [0.2, 0.25) is 5.91 Å². The molecule has 0 N–H and O–H groups in total. The second-order valence-electron chi connectivity index (χ2n) is 6.00. The number of rotatable bonds is 4. The summed E-state index contributed by atoms with van der Waals surface area (Å²) in [6, 6.07) is 9.38. The van der Waals surface area contributed by atoms with Crippen LogP contribution in [0.5, 0.6) is 0 Å². The molecule has 0 bridgehead atoms. The number of carbonyl (C=O) groups excluding carboxylic acids is 2. The maximum atomic E-state index is 13.8. The molecule has 1 unspecified atom stereocenters. The van der Waals surface area contributed by atoms with E-state index < -0.39 is 6.04 Å². The van der Waals surface area contributed by atoms with Crippen LogP contribution < -0.4 is 0 Å². The maximum Gasteiger partial charge on any atom is 0.328 e. The molecule has 134 valence electrons. The van der Waals surface area contributed by atoms with E-state index in [1.807, 2.05) is 0 Å². The number of ether oxygens (including phenoxy) is 1. The summed E-state index contributed by atoms with van der Waals surface area (Å²) >= 11 is 0. The minimum atomic E-state index is -0.515. The molecule has 1 aromatic heterocycles. The average Bonchev–Trinajstić information content (AvgIpc) is 3.16. The highest BCUT2D eigenvalue weighted by molar-refractivity contribution is 5.95. The number of hydrogen-bond donors (Lipinski definition) is 0. The van der Waals surface area contributed by atoms with Crippen LogP contribution in [0, 0.1) is 5.82 Å². The van der Waals surface area contributed by atoms with Crippen molar-refractivity contribution in [2.45, 2.75) is 18.9 Å². The predicted molar refractivity (Wildman–Crippen MR) is 95.4 cm³/mol. The van der Waals surface area contributed by atoms with E-state index >= 15 is 0 Å². The largest absolute Gasteiger partial charge is 0.467 e. The molecule has 6 heteroatoms. The van der Waals surface area contributed by atoms with Gasteiger partial charge in [-0.25, -0.2) is 9.18 Å². The summed E-state index contributed by atoms with van der Waals surface area (Å²) in [5.74, 6) is -0.961. The quantitative estimate of drug-likeness (QED) is 0.625. The summed E-state index contributed by atoms with van der Waals surface area (Å²) in [6.07, 6.45) is 6.02. The Morgan fingerprint density at radius 2 is 2.08 bits per heavy atom. The summed E-state index contributed by atoms with van der Waals surface area (Å²) in [6.45, 7) is 0.535. The van der Waals surface area contributed by atoms with Gasteiger partial charge >= 0.3 is 5.97 Å². The van der Waals surface area contributed by atoms with Crippen molar-refractivity contribution in [3.05, 3.63) is 60.1 Å². The molecule has 1 aliphatic rings. The molecule has 26 heavy (non-hydrogen) atoms. The second-order valence-corrected chi connectivity index (χ2v) is 6.00. The van der Waals surface area contributed by atoms with E-state index in [0.29, 0.717) is 29.8 Å². The molecular weight excluding hydrogens is 335 g/mol. The van der Waals surface area contributed by atoms with Crippen molar-refractivity contribution in [1.29, 1.82) is 0 Å². The molecule has 1 aromatic carbocycles. The second kappa shape index (κ2) is 7.91. The molecule has 0 saturated carbocycles. The fraction of sp³-hybridized carbons (Fsp3) is 0.250. The third kappa shape index (κ3) is 3.79. The van der Waals surface area contributed by atoms with Gasteiger partial charge in [0.1, 0.15) is 11.9 Å². The number of halogens is 1. The van der Waals surface area contributed by atoms with Crippen LogP contribution in [0.2, 0.25) is 0 Å². The fourth-order valence-electron chi connectivity index (χ4n) is 3.01. The Balaban J connectivity index is 1.70. The number of nitrogens with zero attached hydrogens (tertiary/aromatic N) is 2. The highest BCUT2D eigenvalue weighted by Crippen LogP contribution is 2.21. The average molecular weight is 354 g/mol. The zero-order valence-corrected chi connectivity index (χ0v) is 14.4. The molecule has 0 aliphatic carbocycles. The van der Waals surface area contributed by atoms with E-state index in [1.54, 1.807) is 42.6 Å². The molecule has 3 rings (SSSR count). The maximum absolute atomic E-state index is 13.8. The molecule has 2 heterocycles. The monoisotopic (exact) mass is 354 g/mol. The van der Waals surface area contributed by atoms with Crippen molar-refractivity contribution >= 4 is 18.0 Å². The SMILES string of the molecule is COC(=O)C1CCCN1C(=O)C=Cc1ccc(-c2ccccc2F)nc1. The van der Waals surface area contributed by atoms with E-state index in [-0.39, 0.29) is 17.7 Å². The molecule has 1 amide bonds. The minimum absolute atomic E-state index is 0.240. The number of amides is 1. The number of aromatic nitrogens is 1. The van der Waals surface area contributed by atoms with Gasteiger partial charge < -0.3 is 9.64 Å². The number of methoxy groups -OCH3 is 1. The predicted octanol–water partition coefficient (Wildman–Crippen LogP) is 3.06. The minimum Gasteiger partial charge on any atom is -0.467 e. The lowest BCUT2D eigenvalue weighted by Crippen LogP contribution is -2.40. The fourth-order valence-corrected chi connectivity index (χ4v) is 3.01. The number of benzene rings is 1.